The fourth-order valence-corrected chi connectivity index (χ4v) is 4.10. The molecule has 0 radical (unpaired) electrons. The van der Waals surface area contributed by atoms with E-state index in [1.807, 2.05) is 0 Å². The van der Waals surface area contributed by atoms with Gasteiger partial charge in [0.15, 0.2) is 5.79 Å². The summed E-state index contributed by atoms with van der Waals surface area (Å²) in [7, 11) is 2.23. The summed E-state index contributed by atoms with van der Waals surface area (Å²) in [5.74, 6) is -0.0127. The minimum atomic E-state index is -0.341. The lowest BCUT2D eigenvalue weighted by Crippen LogP contribution is -2.51. The number of hydrogen-bond donors (Lipinski definition) is 1. The van der Waals surface area contributed by atoms with Crippen LogP contribution in [0.25, 0.3) is 0 Å². The second-order valence-corrected chi connectivity index (χ2v) is 6.96. The first-order chi connectivity index (χ1) is 11.1. The second-order valence-electron chi connectivity index (χ2n) is 6.96. The maximum atomic E-state index is 9.63. The minimum Gasteiger partial charge on any atom is -0.508 e. The molecule has 1 aromatic carbocycles. The molecule has 1 heterocycles. The molecule has 0 aromatic heterocycles. The van der Waals surface area contributed by atoms with E-state index in [2.05, 4.69) is 31.0 Å². The molecule has 2 aliphatic rings. The van der Waals surface area contributed by atoms with Crippen molar-refractivity contribution in [1.82, 2.24) is 4.90 Å². The van der Waals surface area contributed by atoms with Crippen molar-refractivity contribution in [1.29, 1.82) is 0 Å². The zero-order chi connectivity index (χ0) is 16.3. The van der Waals surface area contributed by atoms with Crippen LogP contribution in [0, 0.1) is 0 Å². The van der Waals surface area contributed by atoms with Gasteiger partial charge in [-0.1, -0.05) is 25.5 Å². The molecule has 3 rings (SSSR count). The summed E-state index contributed by atoms with van der Waals surface area (Å²) >= 11 is 0. The molecule has 0 unspecified atom stereocenters. The van der Waals surface area contributed by atoms with Crippen molar-refractivity contribution in [2.45, 2.75) is 56.8 Å². The first-order valence-electron chi connectivity index (χ1n) is 8.89. The molecule has 1 aromatic rings. The fraction of sp³-hybridized carbons (Fsp3) is 0.684. The average Bonchev–Trinajstić information content (AvgIpc) is 3.03. The predicted octanol–water partition coefficient (Wildman–Crippen LogP) is 4.06. The third-order valence-corrected chi connectivity index (χ3v) is 5.63. The summed E-state index contributed by atoms with van der Waals surface area (Å²) in [5, 5.41) is 9.63. The Hall–Kier alpha value is -0.810. The molecule has 0 bridgehead atoms. The van der Waals surface area contributed by atoms with Crippen LogP contribution in [-0.2, 0) is 15.0 Å². The van der Waals surface area contributed by atoms with Gasteiger partial charge in [0, 0.05) is 18.4 Å². The molecule has 4 nitrogen and oxygen atoms in total. The molecular weight excluding hydrogens is 326 g/mol. The fourth-order valence-electron chi connectivity index (χ4n) is 4.10. The number of halogens is 1. The highest BCUT2D eigenvalue weighted by molar-refractivity contribution is 5.85. The highest BCUT2D eigenvalue weighted by Gasteiger charge is 2.48. The van der Waals surface area contributed by atoms with Crippen LogP contribution in [0.4, 0.5) is 0 Å². The molecule has 1 N–H and O–H groups in total. The zero-order valence-electron chi connectivity index (χ0n) is 14.8. The van der Waals surface area contributed by atoms with E-state index in [1.165, 1.54) is 18.4 Å². The normalized spacial score (nSPS) is 21.8. The Labute approximate surface area is 151 Å². The zero-order valence-corrected chi connectivity index (χ0v) is 15.6. The first-order valence-corrected chi connectivity index (χ1v) is 8.89. The van der Waals surface area contributed by atoms with Crippen LogP contribution in [0.1, 0.15) is 51.0 Å². The summed E-state index contributed by atoms with van der Waals surface area (Å²) in [6, 6.07) is 7.76. The first kappa shape index (κ1) is 19.5. The number of aromatic hydroxyl groups is 1. The number of nitrogens with zero attached hydrogens (tertiary/aromatic N) is 1. The van der Waals surface area contributed by atoms with Crippen LogP contribution >= 0.6 is 12.4 Å². The van der Waals surface area contributed by atoms with Crippen molar-refractivity contribution >= 4 is 12.4 Å². The van der Waals surface area contributed by atoms with Crippen LogP contribution in [-0.4, -0.2) is 42.6 Å². The monoisotopic (exact) mass is 355 g/mol. The van der Waals surface area contributed by atoms with Crippen molar-refractivity contribution in [3.8, 4) is 5.75 Å². The summed E-state index contributed by atoms with van der Waals surface area (Å²) < 4.78 is 11.8. The lowest BCUT2D eigenvalue weighted by atomic mass is 9.73. The van der Waals surface area contributed by atoms with E-state index in [4.69, 9.17) is 9.47 Å². The van der Waals surface area contributed by atoms with E-state index in [9.17, 15) is 5.11 Å². The van der Waals surface area contributed by atoms with E-state index in [0.29, 0.717) is 5.75 Å². The number of unbranched alkanes of at least 4 members (excludes halogenated alkanes) is 1. The van der Waals surface area contributed by atoms with Crippen molar-refractivity contribution in [2.24, 2.45) is 0 Å². The summed E-state index contributed by atoms with van der Waals surface area (Å²) in [6.07, 6.45) is 6.32. The molecule has 0 atom stereocenters. The summed E-state index contributed by atoms with van der Waals surface area (Å²) in [5.41, 5.74) is 1.31. The van der Waals surface area contributed by atoms with Gasteiger partial charge in [-0.3, -0.25) is 4.90 Å². The predicted molar refractivity (Wildman–Crippen MR) is 97.7 cm³/mol. The third kappa shape index (κ3) is 3.72. The second kappa shape index (κ2) is 8.05. The number of hydrogen-bond acceptors (Lipinski definition) is 4. The summed E-state index contributed by atoms with van der Waals surface area (Å²) in [4.78, 5) is 2.50. The molecule has 1 saturated carbocycles. The lowest BCUT2D eigenvalue weighted by Gasteiger charge is -2.49. The van der Waals surface area contributed by atoms with Crippen LogP contribution < -0.4 is 0 Å². The Morgan fingerprint density at radius 3 is 2.17 bits per heavy atom. The standard InChI is InChI=1S/C19H29NO3.ClH/c1-3-4-13-20(2)18(16-5-7-17(21)8-6-16)9-11-19(12-10-18)22-14-15-23-19;/h5-8,21H,3-4,9-15H2,1-2H3;1H. The molecule has 2 fully saturated rings. The molecule has 5 heteroatoms. The third-order valence-electron chi connectivity index (χ3n) is 5.63. The molecule has 1 aliphatic heterocycles. The highest BCUT2D eigenvalue weighted by atomic mass is 35.5. The Morgan fingerprint density at radius 2 is 1.62 bits per heavy atom. The molecule has 1 spiro atoms. The van der Waals surface area contributed by atoms with Gasteiger partial charge < -0.3 is 14.6 Å². The van der Waals surface area contributed by atoms with Gasteiger partial charge in [0.1, 0.15) is 5.75 Å². The average molecular weight is 356 g/mol. The number of phenolic OH excluding ortho intramolecular Hbond substituents is 1. The molecule has 1 aliphatic carbocycles. The molecule has 0 amide bonds. The van der Waals surface area contributed by atoms with Gasteiger partial charge in [-0.05, 0) is 50.6 Å². The van der Waals surface area contributed by atoms with E-state index in [1.54, 1.807) is 12.1 Å². The van der Waals surface area contributed by atoms with Gasteiger partial charge in [0.05, 0.1) is 13.2 Å². The van der Waals surface area contributed by atoms with Gasteiger partial charge in [-0.15, -0.1) is 12.4 Å². The van der Waals surface area contributed by atoms with E-state index < -0.39 is 0 Å². The number of benzene rings is 1. The van der Waals surface area contributed by atoms with E-state index in [-0.39, 0.29) is 23.7 Å². The number of rotatable bonds is 5. The maximum Gasteiger partial charge on any atom is 0.168 e. The van der Waals surface area contributed by atoms with Gasteiger partial charge in [-0.25, -0.2) is 0 Å². The van der Waals surface area contributed by atoms with Gasteiger partial charge in [-0.2, -0.15) is 0 Å². The molecule has 1 saturated heterocycles. The van der Waals surface area contributed by atoms with Gasteiger partial charge in [0.25, 0.3) is 0 Å². The SMILES string of the molecule is CCCCN(C)C1(c2ccc(O)cc2)CCC2(CC1)OCCO2.Cl. The molecule has 136 valence electrons. The minimum absolute atomic E-state index is 0. The van der Waals surface area contributed by atoms with E-state index >= 15 is 0 Å². The van der Waals surface area contributed by atoms with Gasteiger partial charge in [0.2, 0.25) is 0 Å². The molecular formula is C19H30ClNO3. The van der Waals surface area contributed by atoms with Crippen LogP contribution in [0.2, 0.25) is 0 Å². The van der Waals surface area contributed by atoms with Crippen LogP contribution in [0.5, 0.6) is 5.75 Å². The topological polar surface area (TPSA) is 41.9 Å². The van der Waals surface area contributed by atoms with Crippen molar-refractivity contribution < 1.29 is 14.6 Å². The van der Waals surface area contributed by atoms with Crippen molar-refractivity contribution in [3.63, 3.8) is 0 Å². The quantitative estimate of drug-likeness (QED) is 0.864. The number of ether oxygens (including phenoxy) is 2. The van der Waals surface area contributed by atoms with Gasteiger partial charge >= 0.3 is 0 Å². The maximum absolute atomic E-state index is 9.63. The van der Waals surface area contributed by atoms with Crippen molar-refractivity contribution in [3.05, 3.63) is 29.8 Å². The lowest BCUT2D eigenvalue weighted by molar-refractivity contribution is -0.194. The van der Waals surface area contributed by atoms with E-state index in [0.717, 1.165) is 45.4 Å². The number of phenols is 1. The smallest absolute Gasteiger partial charge is 0.168 e. The Morgan fingerprint density at radius 1 is 1.04 bits per heavy atom. The van der Waals surface area contributed by atoms with Crippen molar-refractivity contribution in [2.75, 3.05) is 26.8 Å². The Kier molecular flexibility index (Phi) is 6.54. The molecule has 24 heavy (non-hydrogen) atoms. The highest BCUT2D eigenvalue weighted by Crippen LogP contribution is 2.48. The van der Waals surface area contributed by atoms with Crippen LogP contribution in [0.3, 0.4) is 0 Å². The van der Waals surface area contributed by atoms with Crippen LogP contribution in [0.15, 0.2) is 24.3 Å². The Bertz CT molecular complexity index is 504. The largest absolute Gasteiger partial charge is 0.508 e. The Balaban J connectivity index is 0.00000208. The summed E-state index contributed by atoms with van der Waals surface area (Å²) in [6.45, 7) is 4.76.